The van der Waals surface area contributed by atoms with Gasteiger partial charge in [0, 0.05) is 5.56 Å². The minimum absolute atomic E-state index is 0.253. The first-order chi connectivity index (χ1) is 11.2. The van der Waals surface area contributed by atoms with Crippen molar-refractivity contribution in [2.45, 2.75) is 18.4 Å². The minimum Gasteiger partial charge on any atom is -0.495 e. The summed E-state index contributed by atoms with van der Waals surface area (Å²) < 4.78 is 5.65. The van der Waals surface area contributed by atoms with Crippen LogP contribution in [0.5, 0.6) is 0 Å². The van der Waals surface area contributed by atoms with Gasteiger partial charge < -0.3 is 9.84 Å². The molecule has 1 aromatic carbocycles. The van der Waals surface area contributed by atoms with Gasteiger partial charge in [-0.1, -0.05) is 24.3 Å². The zero-order chi connectivity index (χ0) is 15.9. The van der Waals surface area contributed by atoms with Crippen LogP contribution in [0.4, 0.5) is 0 Å². The summed E-state index contributed by atoms with van der Waals surface area (Å²) in [4.78, 5) is 1.06. The zero-order valence-corrected chi connectivity index (χ0v) is 14.8. The van der Waals surface area contributed by atoms with Crippen LogP contribution < -0.4 is 0 Å². The van der Waals surface area contributed by atoms with E-state index in [1.54, 1.807) is 18.4 Å². The number of fused-ring (bicyclic) bond motifs is 2. The van der Waals surface area contributed by atoms with Crippen molar-refractivity contribution in [2.24, 2.45) is 5.92 Å². The average Bonchev–Trinajstić information content (AvgIpc) is 3.07. The maximum absolute atomic E-state index is 12.0. The molecule has 2 aliphatic rings. The molecule has 1 saturated heterocycles. The number of thioether (sulfide) groups is 1. The largest absolute Gasteiger partial charge is 0.495 e. The first-order valence-electron chi connectivity index (χ1n) is 7.99. The van der Waals surface area contributed by atoms with Crippen LogP contribution in [0.2, 0.25) is 0 Å². The van der Waals surface area contributed by atoms with Gasteiger partial charge in [-0.3, -0.25) is 0 Å². The molecule has 2 heterocycles. The molecule has 0 spiro atoms. The van der Waals surface area contributed by atoms with E-state index < -0.39 is 5.60 Å². The second kappa shape index (κ2) is 6.00. The summed E-state index contributed by atoms with van der Waals surface area (Å²) in [7, 11) is 1.71. The third-order valence-corrected chi connectivity index (χ3v) is 6.97. The van der Waals surface area contributed by atoms with Crippen LogP contribution in [-0.4, -0.2) is 23.7 Å². The van der Waals surface area contributed by atoms with Gasteiger partial charge in [-0.2, -0.15) is 11.8 Å². The Balaban J connectivity index is 1.97. The van der Waals surface area contributed by atoms with Crippen molar-refractivity contribution < 1.29 is 9.84 Å². The molecule has 1 fully saturated rings. The van der Waals surface area contributed by atoms with Gasteiger partial charge in [0.2, 0.25) is 0 Å². The number of aliphatic hydroxyl groups is 1. The van der Waals surface area contributed by atoms with Gasteiger partial charge in [0.15, 0.2) is 0 Å². The maximum Gasteiger partial charge on any atom is 0.137 e. The molecule has 0 bridgehead atoms. The molecule has 1 aliphatic carbocycles. The number of hydrogen-bond donors (Lipinski definition) is 1. The van der Waals surface area contributed by atoms with Crippen LogP contribution >= 0.6 is 23.1 Å². The van der Waals surface area contributed by atoms with Gasteiger partial charge >= 0.3 is 0 Å². The number of methoxy groups -OCH3 is 1. The van der Waals surface area contributed by atoms with Gasteiger partial charge in [0.1, 0.15) is 11.4 Å². The summed E-state index contributed by atoms with van der Waals surface area (Å²) in [5, 5.41) is 14.1. The molecule has 0 radical (unpaired) electrons. The second-order valence-electron chi connectivity index (χ2n) is 6.12. The molecular weight excluding hydrogens is 324 g/mol. The molecule has 1 N–H and O–H groups in total. The van der Waals surface area contributed by atoms with E-state index in [1.165, 1.54) is 0 Å². The van der Waals surface area contributed by atoms with Crippen molar-refractivity contribution in [3.63, 3.8) is 0 Å². The molecule has 4 rings (SSSR count). The Morgan fingerprint density at radius 2 is 1.91 bits per heavy atom. The van der Waals surface area contributed by atoms with E-state index in [2.05, 4.69) is 29.7 Å². The van der Waals surface area contributed by atoms with Crippen molar-refractivity contribution in [3.05, 3.63) is 57.3 Å². The summed E-state index contributed by atoms with van der Waals surface area (Å²) >= 11 is 3.64. The SMILES string of the molecule is COC1=Cc2ccccc2C(O)(C2CCSCC2)c2ccsc21. The maximum atomic E-state index is 12.0. The summed E-state index contributed by atoms with van der Waals surface area (Å²) in [6.45, 7) is 0. The summed E-state index contributed by atoms with van der Waals surface area (Å²) in [6.07, 6.45) is 4.17. The summed E-state index contributed by atoms with van der Waals surface area (Å²) in [5.41, 5.74) is 2.17. The van der Waals surface area contributed by atoms with E-state index in [9.17, 15) is 5.11 Å². The Hall–Kier alpha value is -1.23. The molecule has 0 amide bonds. The van der Waals surface area contributed by atoms with Gasteiger partial charge in [-0.25, -0.2) is 0 Å². The highest BCUT2D eigenvalue weighted by molar-refractivity contribution is 7.99. The van der Waals surface area contributed by atoms with Gasteiger partial charge in [0.25, 0.3) is 0 Å². The standard InChI is InChI=1S/C19H20O2S2/c1-21-17-12-13-4-2-3-5-15(13)19(20,14-6-9-22-10-7-14)16-8-11-23-18(16)17/h2-5,8,11-12,14,20H,6-7,9-10H2,1H3. The number of ether oxygens (including phenoxy) is 1. The number of hydrogen-bond acceptors (Lipinski definition) is 4. The number of benzene rings is 1. The van der Waals surface area contributed by atoms with Crippen molar-refractivity contribution in [1.29, 1.82) is 0 Å². The fourth-order valence-electron chi connectivity index (χ4n) is 3.83. The molecule has 4 heteroatoms. The van der Waals surface area contributed by atoms with Crippen molar-refractivity contribution >= 4 is 34.9 Å². The lowest BCUT2D eigenvalue weighted by Gasteiger charge is -2.39. The Bertz CT molecular complexity index is 743. The topological polar surface area (TPSA) is 29.5 Å². The van der Waals surface area contributed by atoms with E-state index in [0.717, 1.165) is 51.7 Å². The smallest absolute Gasteiger partial charge is 0.137 e. The van der Waals surface area contributed by atoms with Crippen LogP contribution in [-0.2, 0) is 10.3 Å². The molecule has 1 aliphatic heterocycles. The molecule has 1 atom stereocenters. The lowest BCUT2D eigenvalue weighted by molar-refractivity contribution is 0.0122. The predicted molar refractivity (Wildman–Crippen MR) is 98.7 cm³/mol. The quantitative estimate of drug-likeness (QED) is 0.864. The van der Waals surface area contributed by atoms with Crippen molar-refractivity contribution in [3.8, 4) is 0 Å². The molecule has 2 aromatic rings. The predicted octanol–water partition coefficient (Wildman–Crippen LogP) is 4.59. The molecule has 23 heavy (non-hydrogen) atoms. The highest BCUT2D eigenvalue weighted by Gasteiger charge is 2.45. The van der Waals surface area contributed by atoms with Crippen LogP contribution in [0.25, 0.3) is 11.8 Å². The van der Waals surface area contributed by atoms with Gasteiger partial charge in [0.05, 0.1) is 12.0 Å². The average molecular weight is 345 g/mol. The molecule has 2 nitrogen and oxygen atoms in total. The fraction of sp³-hybridized carbons (Fsp3) is 0.368. The normalized spacial score (nSPS) is 24.3. The van der Waals surface area contributed by atoms with Crippen LogP contribution in [0, 0.1) is 5.92 Å². The highest BCUT2D eigenvalue weighted by Crippen LogP contribution is 2.50. The van der Waals surface area contributed by atoms with E-state index in [-0.39, 0.29) is 5.92 Å². The van der Waals surface area contributed by atoms with Crippen LogP contribution in [0.1, 0.15) is 34.4 Å². The van der Waals surface area contributed by atoms with Crippen LogP contribution in [0.15, 0.2) is 35.7 Å². The molecule has 1 unspecified atom stereocenters. The summed E-state index contributed by atoms with van der Waals surface area (Å²) in [5.74, 6) is 3.35. The Morgan fingerprint density at radius 3 is 2.70 bits per heavy atom. The van der Waals surface area contributed by atoms with Crippen molar-refractivity contribution in [2.75, 3.05) is 18.6 Å². The number of rotatable bonds is 2. The van der Waals surface area contributed by atoms with Crippen LogP contribution in [0.3, 0.4) is 0 Å². The van der Waals surface area contributed by atoms with E-state index in [1.807, 2.05) is 23.9 Å². The minimum atomic E-state index is -0.927. The van der Waals surface area contributed by atoms with E-state index in [0.29, 0.717) is 0 Å². The first kappa shape index (κ1) is 15.3. The Morgan fingerprint density at radius 1 is 1.13 bits per heavy atom. The van der Waals surface area contributed by atoms with E-state index in [4.69, 9.17) is 4.74 Å². The second-order valence-corrected chi connectivity index (χ2v) is 8.26. The Labute approximate surface area is 145 Å². The summed E-state index contributed by atoms with van der Waals surface area (Å²) in [6, 6.07) is 10.3. The van der Waals surface area contributed by atoms with Crippen molar-refractivity contribution in [1.82, 2.24) is 0 Å². The molecule has 0 saturated carbocycles. The van der Waals surface area contributed by atoms with E-state index >= 15 is 0 Å². The zero-order valence-electron chi connectivity index (χ0n) is 13.1. The fourth-order valence-corrected chi connectivity index (χ4v) is 5.88. The van der Waals surface area contributed by atoms with Gasteiger partial charge in [-0.05, 0) is 58.9 Å². The third kappa shape index (κ3) is 2.35. The molecular formula is C19H20O2S2. The van der Waals surface area contributed by atoms with Gasteiger partial charge in [-0.15, -0.1) is 11.3 Å². The third-order valence-electron chi connectivity index (χ3n) is 4.99. The number of thiophene rings is 1. The highest BCUT2D eigenvalue weighted by atomic mass is 32.2. The lowest BCUT2D eigenvalue weighted by atomic mass is 9.73. The Kier molecular flexibility index (Phi) is 4.00. The first-order valence-corrected chi connectivity index (χ1v) is 10.0. The lowest BCUT2D eigenvalue weighted by Crippen LogP contribution is -2.39. The monoisotopic (exact) mass is 344 g/mol. The molecule has 120 valence electrons. The molecule has 1 aromatic heterocycles.